The first-order valence-electron chi connectivity index (χ1n) is 9.00. The van der Waals surface area contributed by atoms with Gasteiger partial charge in [0.15, 0.2) is 6.10 Å². The molecular formula is C21H21ClN2O5. The van der Waals surface area contributed by atoms with Gasteiger partial charge in [0.1, 0.15) is 0 Å². The molecule has 0 saturated carbocycles. The zero-order chi connectivity index (χ0) is 21.2. The first-order chi connectivity index (χ1) is 13.9. The van der Waals surface area contributed by atoms with E-state index in [1.165, 1.54) is 13.0 Å². The number of hydrazine groups is 1. The summed E-state index contributed by atoms with van der Waals surface area (Å²) in [6.45, 7) is 1.48. The van der Waals surface area contributed by atoms with E-state index in [2.05, 4.69) is 10.9 Å². The quantitative estimate of drug-likeness (QED) is 0.391. The number of rotatable bonds is 8. The molecule has 0 fully saturated rings. The van der Waals surface area contributed by atoms with Crippen molar-refractivity contribution in [1.29, 1.82) is 0 Å². The van der Waals surface area contributed by atoms with Gasteiger partial charge in [-0.25, -0.2) is 0 Å². The summed E-state index contributed by atoms with van der Waals surface area (Å²) in [5.74, 6) is -1.83. The van der Waals surface area contributed by atoms with Crippen molar-refractivity contribution in [2.75, 3.05) is 0 Å². The molecule has 0 spiro atoms. The predicted octanol–water partition coefficient (Wildman–Crippen LogP) is 3.09. The summed E-state index contributed by atoms with van der Waals surface area (Å²) in [6, 6.07) is 14.8. The maximum Gasteiger partial charge on any atom is 0.306 e. The van der Waals surface area contributed by atoms with E-state index < -0.39 is 23.9 Å². The van der Waals surface area contributed by atoms with Crippen molar-refractivity contribution in [3.63, 3.8) is 0 Å². The van der Waals surface area contributed by atoms with Crippen molar-refractivity contribution >= 4 is 35.2 Å². The lowest BCUT2D eigenvalue weighted by Gasteiger charge is -2.12. The van der Waals surface area contributed by atoms with E-state index in [0.29, 0.717) is 16.1 Å². The predicted molar refractivity (Wildman–Crippen MR) is 107 cm³/mol. The minimum atomic E-state index is -0.958. The molecule has 2 N–H and O–H groups in total. The zero-order valence-electron chi connectivity index (χ0n) is 15.8. The maximum absolute atomic E-state index is 12.2. The van der Waals surface area contributed by atoms with Crippen LogP contribution in [0.4, 0.5) is 0 Å². The number of carbonyl (C=O) groups excluding carboxylic acids is 4. The van der Waals surface area contributed by atoms with Crippen LogP contribution in [0.1, 0.15) is 46.9 Å². The Morgan fingerprint density at radius 2 is 1.62 bits per heavy atom. The Balaban J connectivity index is 1.67. The summed E-state index contributed by atoms with van der Waals surface area (Å²) < 4.78 is 5.11. The molecule has 0 aliphatic heterocycles. The third-order valence-corrected chi connectivity index (χ3v) is 4.16. The molecule has 0 saturated heterocycles. The highest BCUT2D eigenvalue weighted by atomic mass is 35.5. The highest BCUT2D eigenvalue weighted by Crippen LogP contribution is 2.14. The van der Waals surface area contributed by atoms with Crippen LogP contribution in [0.3, 0.4) is 0 Å². The van der Waals surface area contributed by atoms with Gasteiger partial charge in [-0.3, -0.25) is 30.0 Å². The van der Waals surface area contributed by atoms with Gasteiger partial charge in [-0.1, -0.05) is 41.9 Å². The van der Waals surface area contributed by atoms with Crippen molar-refractivity contribution in [1.82, 2.24) is 10.9 Å². The molecular weight excluding hydrogens is 396 g/mol. The fraction of sp³-hybridized carbons (Fsp3) is 0.238. The fourth-order valence-electron chi connectivity index (χ4n) is 2.43. The third kappa shape index (κ3) is 7.38. The average molecular weight is 417 g/mol. The standard InChI is InChI=1S/C21H21ClN2O5/c1-14(20(27)16-9-5-10-17(22)13-16)29-19(26)12-6-11-18(25)23-24-21(28)15-7-3-2-4-8-15/h2-5,7-10,13-14H,6,11-12H2,1H3,(H,23,25)(H,24,28). The number of amides is 2. The summed E-state index contributed by atoms with van der Waals surface area (Å²) in [7, 11) is 0. The molecule has 0 bridgehead atoms. The lowest BCUT2D eigenvalue weighted by molar-refractivity contribution is -0.146. The van der Waals surface area contributed by atoms with Crippen LogP contribution in [0.15, 0.2) is 54.6 Å². The van der Waals surface area contributed by atoms with Gasteiger partial charge in [-0.05, 0) is 37.6 Å². The third-order valence-electron chi connectivity index (χ3n) is 3.92. The second kappa shape index (κ2) is 11.0. The molecule has 1 unspecified atom stereocenters. The summed E-state index contributed by atoms with van der Waals surface area (Å²) in [6.07, 6.45) is -0.766. The molecule has 0 aliphatic carbocycles. The Hall–Kier alpha value is -3.19. The number of benzene rings is 2. The van der Waals surface area contributed by atoms with E-state index in [1.54, 1.807) is 48.5 Å². The van der Waals surface area contributed by atoms with Gasteiger partial charge < -0.3 is 4.74 Å². The van der Waals surface area contributed by atoms with Gasteiger partial charge >= 0.3 is 5.97 Å². The number of carbonyl (C=O) groups is 4. The Kier molecular flexibility index (Phi) is 8.36. The smallest absolute Gasteiger partial charge is 0.306 e. The second-order valence-electron chi connectivity index (χ2n) is 6.23. The van der Waals surface area contributed by atoms with Gasteiger partial charge in [-0.15, -0.1) is 0 Å². The van der Waals surface area contributed by atoms with Crippen LogP contribution in [0, 0.1) is 0 Å². The molecule has 29 heavy (non-hydrogen) atoms. The molecule has 0 aromatic heterocycles. The monoisotopic (exact) mass is 416 g/mol. The number of ketones is 1. The largest absolute Gasteiger partial charge is 0.454 e. The van der Waals surface area contributed by atoms with E-state index in [4.69, 9.17) is 16.3 Å². The summed E-state index contributed by atoms with van der Waals surface area (Å²) in [4.78, 5) is 47.7. The van der Waals surface area contributed by atoms with Crippen LogP contribution < -0.4 is 10.9 Å². The minimum absolute atomic E-state index is 0.0147. The summed E-state index contributed by atoms with van der Waals surface area (Å²) in [5, 5.41) is 0.416. The molecule has 152 valence electrons. The van der Waals surface area contributed by atoms with E-state index in [9.17, 15) is 19.2 Å². The van der Waals surface area contributed by atoms with E-state index in [-0.39, 0.29) is 25.0 Å². The van der Waals surface area contributed by atoms with Gasteiger partial charge in [0.05, 0.1) is 0 Å². The highest BCUT2D eigenvalue weighted by molar-refractivity contribution is 6.31. The van der Waals surface area contributed by atoms with E-state index in [0.717, 1.165) is 0 Å². The van der Waals surface area contributed by atoms with Gasteiger partial charge in [-0.2, -0.15) is 0 Å². The maximum atomic E-state index is 12.2. The van der Waals surface area contributed by atoms with Crippen LogP contribution in [0.5, 0.6) is 0 Å². The number of esters is 1. The number of hydrogen-bond acceptors (Lipinski definition) is 5. The molecule has 2 aromatic carbocycles. The normalized spacial score (nSPS) is 11.2. The topological polar surface area (TPSA) is 102 Å². The van der Waals surface area contributed by atoms with Crippen LogP contribution >= 0.6 is 11.6 Å². The zero-order valence-corrected chi connectivity index (χ0v) is 16.6. The van der Waals surface area contributed by atoms with Crippen LogP contribution in [0.2, 0.25) is 5.02 Å². The first-order valence-corrected chi connectivity index (χ1v) is 9.38. The van der Waals surface area contributed by atoms with Crippen molar-refractivity contribution in [3.05, 3.63) is 70.7 Å². The van der Waals surface area contributed by atoms with E-state index >= 15 is 0 Å². The van der Waals surface area contributed by atoms with Gasteiger partial charge in [0.2, 0.25) is 11.7 Å². The second-order valence-corrected chi connectivity index (χ2v) is 6.67. The lowest BCUT2D eigenvalue weighted by atomic mass is 10.1. The molecule has 0 heterocycles. The van der Waals surface area contributed by atoms with Crippen molar-refractivity contribution in [2.24, 2.45) is 0 Å². The van der Waals surface area contributed by atoms with Gasteiger partial charge in [0, 0.05) is 29.0 Å². The van der Waals surface area contributed by atoms with Crippen LogP contribution in [-0.2, 0) is 14.3 Å². The Morgan fingerprint density at radius 1 is 0.931 bits per heavy atom. The molecule has 7 nitrogen and oxygen atoms in total. The van der Waals surface area contributed by atoms with E-state index in [1.807, 2.05) is 0 Å². The number of nitrogens with one attached hydrogen (secondary N) is 2. The Morgan fingerprint density at radius 3 is 2.31 bits per heavy atom. The van der Waals surface area contributed by atoms with Gasteiger partial charge in [0.25, 0.3) is 5.91 Å². The van der Waals surface area contributed by atoms with Crippen molar-refractivity contribution in [3.8, 4) is 0 Å². The highest BCUT2D eigenvalue weighted by Gasteiger charge is 2.19. The number of Topliss-reactive ketones (excluding diaryl/α,β-unsaturated/α-hetero) is 1. The number of ether oxygens (including phenoxy) is 1. The molecule has 2 rings (SSSR count). The molecule has 0 aliphatic rings. The lowest BCUT2D eigenvalue weighted by Crippen LogP contribution is -2.41. The molecule has 0 radical (unpaired) electrons. The Labute approximate surface area is 173 Å². The summed E-state index contributed by atoms with van der Waals surface area (Å²) in [5.41, 5.74) is 5.34. The Bertz CT molecular complexity index is 886. The van der Waals surface area contributed by atoms with Crippen molar-refractivity contribution < 1.29 is 23.9 Å². The van der Waals surface area contributed by atoms with Crippen LogP contribution in [0.25, 0.3) is 0 Å². The molecule has 8 heteroatoms. The summed E-state index contributed by atoms with van der Waals surface area (Å²) >= 11 is 5.85. The first kappa shape index (κ1) is 22.1. The number of halogens is 1. The molecule has 1 atom stereocenters. The molecule has 2 aromatic rings. The molecule has 2 amide bonds. The SMILES string of the molecule is CC(OC(=O)CCCC(=O)NNC(=O)c1ccccc1)C(=O)c1cccc(Cl)c1. The number of hydrogen-bond donors (Lipinski definition) is 2. The fourth-order valence-corrected chi connectivity index (χ4v) is 2.62. The average Bonchev–Trinajstić information content (AvgIpc) is 2.72. The van der Waals surface area contributed by atoms with Crippen molar-refractivity contribution in [2.45, 2.75) is 32.3 Å². The van der Waals surface area contributed by atoms with Crippen LogP contribution in [-0.4, -0.2) is 29.7 Å². The minimum Gasteiger partial charge on any atom is -0.454 e.